The highest BCUT2D eigenvalue weighted by atomic mass is 16.3. The van der Waals surface area contributed by atoms with Crippen molar-refractivity contribution in [1.29, 1.82) is 5.26 Å². The van der Waals surface area contributed by atoms with Crippen molar-refractivity contribution in [3.8, 4) is 6.07 Å². The maximum atomic E-state index is 10.7. The lowest BCUT2D eigenvalue weighted by Crippen LogP contribution is -2.32. The fourth-order valence-electron chi connectivity index (χ4n) is 0.579. The third-order valence-electron chi connectivity index (χ3n) is 1.34. The molecule has 0 atom stereocenters. The predicted molar refractivity (Wildman–Crippen MR) is 40.9 cm³/mol. The van der Waals surface area contributed by atoms with Gasteiger partial charge in [-0.3, -0.25) is 4.79 Å². The number of nitrogens with zero attached hydrogens (tertiary/aromatic N) is 1. The quantitative estimate of drug-likeness (QED) is 0.476. The Bertz CT molecular complexity index is 172. The molecule has 0 aliphatic rings. The third-order valence-corrected chi connectivity index (χ3v) is 1.34. The smallest absolute Gasteiger partial charge is 0.234 e. The van der Waals surface area contributed by atoms with Crippen molar-refractivity contribution in [2.75, 3.05) is 19.8 Å². The number of hydrogen-bond donors (Lipinski definition) is 3. The zero-order valence-corrected chi connectivity index (χ0v) is 6.66. The Balaban J connectivity index is 3.53. The molecule has 0 fully saturated rings. The summed E-state index contributed by atoms with van der Waals surface area (Å²) in [6.45, 7) is -0.153. The molecule has 0 radical (unpaired) electrons. The molecule has 5 heteroatoms. The lowest BCUT2D eigenvalue weighted by molar-refractivity contribution is -0.120. The zero-order chi connectivity index (χ0) is 9.40. The van der Waals surface area contributed by atoms with Crippen LogP contribution >= 0.6 is 0 Å². The van der Waals surface area contributed by atoms with Crippen LogP contribution in [0.2, 0.25) is 0 Å². The molecule has 12 heavy (non-hydrogen) atoms. The number of nitrogens with one attached hydrogen (secondary N) is 1. The van der Waals surface area contributed by atoms with E-state index in [0.29, 0.717) is 0 Å². The van der Waals surface area contributed by atoms with E-state index in [-0.39, 0.29) is 38.0 Å². The molecule has 0 aromatic carbocycles. The number of carbonyl (C=O) groups excluding carboxylic acids is 1. The zero-order valence-electron chi connectivity index (χ0n) is 6.66. The highest BCUT2D eigenvalue weighted by Gasteiger charge is 2.07. The average molecular weight is 172 g/mol. The van der Waals surface area contributed by atoms with Gasteiger partial charge >= 0.3 is 0 Å². The second-order valence-corrected chi connectivity index (χ2v) is 2.37. The normalized spacial score (nSPS) is 9.50. The summed E-state index contributed by atoms with van der Waals surface area (Å²) in [5.74, 6) is -0.725. The van der Waals surface area contributed by atoms with E-state index in [4.69, 9.17) is 15.5 Å². The van der Waals surface area contributed by atoms with Crippen LogP contribution in [-0.2, 0) is 4.79 Å². The van der Waals surface area contributed by atoms with Crippen molar-refractivity contribution in [2.24, 2.45) is 5.92 Å². The summed E-state index contributed by atoms with van der Waals surface area (Å²) in [6, 6.07) is 1.69. The van der Waals surface area contributed by atoms with Gasteiger partial charge in [0.25, 0.3) is 0 Å². The van der Waals surface area contributed by atoms with Gasteiger partial charge in [0.05, 0.1) is 6.07 Å². The van der Waals surface area contributed by atoms with Crippen LogP contribution in [0.25, 0.3) is 0 Å². The molecule has 0 rings (SSSR count). The number of aliphatic hydroxyl groups is 2. The van der Waals surface area contributed by atoms with Crippen molar-refractivity contribution in [3.05, 3.63) is 0 Å². The van der Waals surface area contributed by atoms with Crippen LogP contribution in [0.4, 0.5) is 0 Å². The summed E-state index contributed by atoms with van der Waals surface area (Å²) in [6.07, 6.45) is -0.191. The lowest BCUT2D eigenvalue weighted by atomic mass is 10.2. The largest absolute Gasteiger partial charge is 0.396 e. The van der Waals surface area contributed by atoms with Crippen LogP contribution in [0.5, 0.6) is 0 Å². The lowest BCUT2D eigenvalue weighted by Gasteiger charge is -2.10. The van der Waals surface area contributed by atoms with Crippen LogP contribution in [0.1, 0.15) is 6.42 Å². The first kappa shape index (κ1) is 10.9. The van der Waals surface area contributed by atoms with Gasteiger partial charge in [0, 0.05) is 25.7 Å². The molecule has 0 spiro atoms. The van der Waals surface area contributed by atoms with Crippen molar-refractivity contribution in [3.63, 3.8) is 0 Å². The van der Waals surface area contributed by atoms with Crippen LogP contribution in [0.15, 0.2) is 0 Å². The molecular formula is C7H12N2O3. The molecule has 0 aromatic rings. The summed E-state index contributed by atoms with van der Waals surface area (Å²) in [5.41, 5.74) is 0. The van der Waals surface area contributed by atoms with Crippen LogP contribution in [-0.4, -0.2) is 35.9 Å². The van der Waals surface area contributed by atoms with Gasteiger partial charge in [-0.15, -0.1) is 0 Å². The molecule has 68 valence electrons. The predicted octanol–water partition coefficient (Wildman–Crippen LogP) is -1.38. The molecule has 0 bridgehead atoms. The number of aliphatic hydroxyl groups excluding tert-OH is 2. The second kappa shape index (κ2) is 6.58. The molecule has 1 amide bonds. The summed E-state index contributed by atoms with van der Waals surface area (Å²) >= 11 is 0. The van der Waals surface area contributed by atoms with Gasteiger partial charge in [0.2, 0.25) is 5.91 Å². The maximum Gasteiger partial charge on any atom is 0.234 e. The second-order valence-electron chi connectivity index (χ2n) is 2.37. The topological polar surface area (TPSA) is 93.4 Å². The summed E-state index contributed by atoms with van der Waals surface area (Å²) < 4.78 is 0. The number of carbonyl (C=O) groups is 1. The van der Waals surface area contributed by atoms with E-state index >= 15 is 0 Å². The molecule has 0 heterocycles. The fraction of sp³-hybridized carbons (Fsp3) is 0.714. The summed E-state index contributed by atoms with van der Waals surface area (Å²) in [5, 5.41) is 27.7. The maximum absolute atomic E-state index is 10.7. The first-order chi connectivity index (χ1) is 5.74. The molecule has 0 saturated heterocycles. The van der Waals surface area contributed by atoms with Crippen molar-refractivity contribution >= 4 is 5.91 Å². The average Bonchev–Trinajstić information content (AvgIpc) is 2.07. The third kappa shape index (κ3) is 4.66. The first-order valence-corrected chi connectivity index (χ1v) is 3.60. The van der Waals surface area contributed by atoms with Gasteiger partial charge in [-0.05, 0) is 0 Å². The first-order valence-electron chi connectivity index (χ1n) is 3.60. The van der Waals surface area contributed by atoms with E-state index in [9.17, 15) is 4.79 Å². The van der Waals surface area contributed by atoms with Crippen LogP contribution in [0.3, 0.4) is 0 Å². The Morgan fingerprint density at radius 3 is 2.50 bits per heavy atom. The number of hydrogen-bond acceptors (Lipinski definition) is 4. The monoisotopic (exact) mass is 172 g/mol. The molecule has 0 aliphatic heterocycles. The Kier molecular flexibility index (Phi) is 5.97. The highest BCUT2D eigenvalue weighted by Crippen LogP contribution is 1.90. The molecular weight excluding hydrogens is 160 g/mol. The Morgan fingerprint density at radius 1 is 1.50 bits per heavy atom. The van der Waals surface area contributed by atoms with Crippen LogP contribution < -0.4 is 5.32 Å². The van der Waals surface area contributed by atoms with E-state index in [1.807, 2.05) is 0 Å². The van der Waals surface area contributed by atoms with Crippen LogP contribution in [0, 0.1) is 17.2 Å². The molecule has 0 aliphatic carbocycles. The molecule has 5 nitrogen and oxygen atoms in total. The minimum absolute atomic E-state index is 0.177. The van der Waals surface area contributed by atoms with E-state index in [1.165, 1.54) is 0 Å². The van der Waals surface area contributed by atoms with Crippen molar-refractivity contribution < 1.29 is 15.0 Å². The molecule has 0 aromatic heterocycles. The van der Waals surface area contributed by atoms with Gasteiger partial charge in [-0.1, -0.05) is 0 Å². The van der Waals surface area contributed by atoms with Gasteiger partial charge < -0.3 is 15.5 Å². The minimum Gasteiger partial charge on any atom is -0.396 e. The highest BCUT2D eigenvalue weighted by molar-refractivity contribution is 5.77. The number of rotatable bonds is 5. The van der Waals surface area contributed by atoms with Gasteiger partial charge in [0.1, 0.15) is 6.42 Å². The number of amides is 1. The van der Waals surface area contributed by atoms with Crippen molar-refractivity contribution in [2.45, 2.75) is 6.42 Å². The van der Waals surface area contributed by atoms with Gasteiger partial charge in [0.15, 0.2) is 0 Å². The minimum atomic E-state index is -0.385. The van der Waals surface area contributed by atoms with Crippen molar-refractivity contribution in [1.82, 2.24) is 5.32 Å². The van der Waals surface area contributed by atoms with E-state index in [2.05, 4.69) is 5.32 Å². The van der Waals surface area contributed by atoms with E-state index in [0.717, 1.165) is 0 Å². The van der Waals surface area contributed by atoms with E-state index < -0.39 is 0 Å². The Labute approximate surface area is 70.6 Å². The van der Waals surface area contributed by atoms with Gasteiger partial charge in [-0.2, -0.15) is 5.26 Å². The fourth-order valence-corrected chi connectivity index (χ4v) is 0.579. The van der Waals surface area contributed by atoms with Gasteiger partial charge in [-0.25, -0.2) is 0 Å². The molecule has 0 unspecified atom stereocenters. The SMILES string of the molecule is N#CCC(=O)NCC(CO)CO. The Morgan fingerprint density at radius 2 is 2.08 bits per heavy atom. The Hall–Kier alpha value is -1.12. The van der Waals surface area contributed by atoms with E-state index in [1.54, 1.807) is 6.07 Å². The molecule has 3 N–H and O–H groups in total. The standard InChI is InChI=1S/C7H12N2O3/c8-2-1-7(12)9-3-6(4-10)5-11/h6,10-11H,1,3-5H2,(H,9,12). The summed E-state index contributed by atoms with van der Waals surface area (Å²) in [4.78, 5) is 10.7. The summed E-state index contributed by atoms with van der Waals surface area (Å²) in [7, 11) is 0. The number of nitriles is 1. The molecule has 0 saturated carbocycles.